The number of hydrogen-bond donors (Lipinski definition) is 0. The van der Waals surface area contributed by atoms with E-state index in [0.717, 1.165) is 34.9 Å². The highest BCUT2D eigenvalue weighted by Gasteiger charge is 2.13. The highest BCUT2D eigenvalue weighted by atomic mass is 32.1. The second-order valence-corrected chi connectivity index (χ2v) is 7.53. The van der Waals surface area contributed by atoms with E-state index in [2.05, 4.69) is 16.4 Å². The molecule has 2 aromatic heterocycles. The number of fused-ring (bicyclic) bond motifs is 1. The van der Waals surface area contributed by atoms with E-state index in [-0.39, 0.29) is 19.2 Å². The fourth-order valence-corrected chi connectivity index (χ4v) is 4.38. The first-order valence-electron chi connectivity index (χ1n) is 8.15. The normalized spacial score (nSPS) is 12.8. The van der Waals surface area contributed by atoms with Crippen molar-refractivity contribution in [3.05, 3.63) is 57.2 Å². The Morgan fingerprint density at radius 3 is 2.96 bits per heavy atom. The van der Waals surface area contributed by atoms with E-state index < -0.39 is 0 Å². The molecule has 0 aliphatic heterocycles. The first-order chi connectivity index (χ1) is 12.3. The quantitative estimate of drug-likeness (QED) is 0.599. The smallest absolute Gasteiger partial charge is 0.344 e. The number of carbonyl (C=O) groups excluding carboxylic acids is 1. The molecule has 0 atom stereocenters. The lowest BCUT2D eigenvalue weighted by molar-refractivity contribution is -0.147. The number of benzene rings is 1. The Kier molecular flexibility index (Phi) is 4.81. The number of nitrogens with zero attached hydrogens (tertiary/aromatic N) is 1. The summed E-state index contributed by atoms with van der Waals surface area (Å²) in [4.78, 5) is 16.4. The van der Waals surface area contributed by atoms with Gasteiger partial charge in [-0.25, -0.2) is 9.78 Å². The molecule has 2 heterocycles. The van der Waals surface area contributed by atoms with Crippen LogP contribution in [-0.2, 0) is 29.0 Å². The Hall–Kier alpha value is -2.18. The van der Waals surface area contributed by atoms with E-state index in [0.29, 0.717) is 0 Å². The minimum Gasteiger partial charge on any atom is -0.482 e. The molecule has 0 unspecified atom stereocenters. The van der Waals surface area contributed by atoms with Gasteiger partial charge in [-0.05, 0) is 54.0 Å². The van der Waals surface area contributed by atoms with Crippen molar-refractivity contribution in [1.82, 2.24) is 4.98 Å². The maximum absolute atomic E-state index is 11.9. The largest absolute Gasteiger partial charge is 0.482 e. The Bertz CT molecular complexity index is 871. The molecule has 0 bridgehead atoms. The highest BCUT2D eigenvalue weighted by molar-refractivity contribution is 7.14. The standard InChI is InChI=1S/C19H17NO3S2/c21-18(10-22-17-5-4-13-2-1-3-14(13)8-17)23-9-16-12-25-19(20-16)15-6-7-24-11-15/h4-8,11-12H,1-3,9-10H2. The first kappa shape index (κ1) is 16.3. The van der Waals surface area contributed by atoms with Crippen molar-refractivity contribution in [2.45, 2.75) is 25.9 Å². The highest BCUT2D eigenvalue weighted by Crippen LogP contribution is 2.27. The van der Waals surface area contributed by atoms with Gasteiger partial charge in [0.25, 0.3) is 0 Å². The summed E-state index contributed by atoms with van der Waals surface area (Å²) in [7, 11) is 0. The van der Waals surface area contributed by atoms with Gasteiger partial charge >= 0.3 is 5.97 Å². The summed E-state index contributed by atoms with van der Waals surface area (Å²) >= 11 is 3.19. The molecule has 6 heteroatoms. The zero-order chi connectivity index (χ0) is 17.1. The van der Waals surface area contributed by atoms with E-state index >= 15 is 0 Å². The number of carbonyl (C=O) groups is 1. The molecule has 0 saturated heterocycles. The summed E-state index contributed by atoms with van der Waals surface area (Å²) in [6.45, 7) is 0.0906. The number of aryl methyl sites for hydroxylation is 2. The average molecular weight is 371 g/mol. The molecule has 3 aromatic rings. The van der Waals surface area contributed by atoms with Gasteiger partial charge in [-0.2, -0.15) is 11.3 Å². The van der Waals surface area contributed by atoms with Crippen molar-refractivity contribution in [2.75, 3.05) is 6.61 Å². The number of hydrogen-bond acceptors (Lipinski definition) is 6. The SMILES string of the molecule is O=C(COc1ccc2c(c1)CCC2)OCc1csc(-c2ccsc2)n1. The van der Waals surface area contributed by atoms with E-state index in [9.17, 15) is 4.79 Å². The predicted molar refractivity (Wildman–Crippen MR) is 99.2 cm³/mol. The maximum Gasteiger partial charge on any atom is 0.344 e. The number of thiazole rings is 1. The number of esters is 1. The maximum atomic E-state index is 11.9. The monoisotopic (exact) mass is 371 g/mol. The molecule has 1 aliphatic rings. The van der Waals surface area contributed by atoms with Crippen LogP contribution >= 0.6 is 22.7 Å². The zero-order valence-corrected chi connectivity index (χ0v) is 15.2. The molecule has 0 spiro atoms. The van der Waals surface area contributed by atoms with Gasteiger partial charge in [0.1, 0.15) is 17.4 Å². The third kappa shape index (κ3) is 3.91. The van der Waals surface area contributed by atoms with Crippen molar-refractivity contribution in [3.8, 4) is 16.3 Å². The van der Waals surface area contributed by atoms with Crippen molar-refractivity contribution < 1.29 is 14.3 Å². The second kappa shape index (κ2) is 7.37. The van der Waals surface area contributed by atoms with Gasteiger partial charge in [0.15, 0.2) is 6.61 Å². The first-order valence-corrected chi connectivity index (χ1v) is 9.97. The van der Waals surface area contributed by atoms with E-state index in [1.165, 1.54) is 17.5 Å². The molecule has 4 nitrogen and oxygen atoms in total. The average Bonchev–Trinajstić information content (AvgIpc) is 3.38. The van der Waals surface area contributed by atoms with E-state index in [1.54, 1.807) is 22.7 Å². The Balaban J connectivity index is 1.27. The van der Waals surface area contributed by atoms with Crippen molar-refractivity contribution in [1.29, 1.82) is 0 Å². The van der Waals surface area contributed by atoms with Crippen LogP contribution in [0.25, 0.3) is 10.6 Å². The molecule has 4 rings (SSSR count). The Morgan fingerprint density at radius 2 is 2.08 bits per heavy atom. The van der Waals surface area contributed by atoms with Crippen LogP contribution in [0, 0.1) is 0 Å². The third-order valence-electron chi connectivity index (χ3n) is 4.13. The van der Waals surface area contributed by atoms with Gasteiger partial charge in [0, 0.05) is 16.3 Å². The number of ether oxygens (including phenoxy) is 2. The van der Waals surface area contributed by atoms with Crippen LogP contribution in [0.15, 0.2) is 40.4 Å². The van der Waals surface area contributed by atoms with Crippen molar-refractivity contribution >= 4 is 28.6 Å². The number of aromatic nitrogens is 1. The lowest BCUT2D eigenvalue weighted by Crippen LogP contribution is -2.15. The van der Waals surface area contributed by atoms with Crippen molar-refractivity contribution in [2.24, 2.45) is 0 Å². The van der Waals surface area contributed by atoms with Crippen LogP contribution in [0.5, 0.6) is 5.75 Å². The summed E-state index contributed by atoms with van der Waals surface area (Å²) in [6, 6.07) is 8.07. The minimum atomic E-state index is -0.384. The fraction of sp³-hybridized carbons (Fsp3) is 0.263. The second-order valence-electron chi connectivity index (χ2n) is 5.89. The van der Waals surface area contributed by atoms with Crippen LogP contribution in [0.2, 0.25) is 0 Å². The lowest BCUT2D eigenvalue weighted by atomic mass is 10.1. The minimum absolute atomic E-state index is 0.0830. The molecule has 1 aromatic carbocycles. The van der Waals surface area contributed by atoms with Crippen LogP contribution in [0.1, 0.15) is 23.2 Å². The van der Waals surface area contributed by atoms with Crippen LogP contribution in [-0.4, -0.2) is 17.6 Å². The van der Waals surface area contributed by atoms with Crippen LogP contribution in [0.3, 0.4) is 0 Å². The topological polar surface area (TPSA) is 48.4 Å². The molecule has 0 radical (unpaired) electrons. The van der Waals surface area contributed by atoms with Gasteiger partial charge in [0.05, 0.1) is 5.69 Å². The third-order valence-corrected chi connectivity index (χ3v) is 5.75. The fourth-order valence-electron chi connectivity index (χ4n) is 2.87. The van der Waals surface area contributed by atoms with Gasteiger partial charge < -0.3 is 9.47 Å². The summed E-state index contributed by atoms with van der Waals surface area (Å²) in [5.74, 6) is 0.344. The van der Waals surface area contributed by atoms with Gasteiger partial charge in [-0.15, -0.1) is 11.3 Å². The molecule has 1 aliphatic carbocycles. The molecule has 0 saturated carbocycles. The molecular weight excluding hydrogens is 354 g/mol. The molecule has 0 N–H and O–H groups in total. The lowest BCUT2D eigenvalue weighted by Gasteiger charge is -2.08. The van der Waals surface area contributed by atoms with E-state index in [4.69, 9.17) is 9.47 Å². The molecule has 0 fully saturated rings. The number of rotatable bonds is 6. The summed E-state index contributed by atoms with van der Waals surface area (Å²) in [5.41, 5.74) is 4.58. The van der Waals surface area contributed by atoms with Crippen molar-refractivity contribution in [3.63, 3.8) is 0 Å². The Labute approximate surface area is 154 Å². The number of thiophene rings is 1. The van der Waals surface area contributed by atoms with Gasteiger partial charge in [-0.1, -0.05) is 6.07 Å². The summed E-state index contributed by atoms with van der Waals surface area (Å²) in [5, 5.41) is 6.94. The summed E-state index contributed by atoms with van der Waals surface area (Å²) in [6.07, 6.45) is 3.42. The van der Waals surface area contributed by atoms with Crippen LogP contribution in [0.4, 0.5) is 0 Å². The summed E-state index contributed by atoms with van der Waals surface area (Å²) < 4.78 is 10.8. The molecule has 25 heavy (non-hydrogen) atoms. The predicted octanol–water partition coefficient (Wildman–Crippen LogP) is 4.48. The van der Waals surface area contributed by atoms with E-state index in [1.807, 2.05) is 29.0 Å². The van der Waals surface area contributed by atoms with Gasteiger partial charge in [0.2, 0.25) is 0 Å². The van der Waals surface area contributed by atoms with Crippen LogP contribution < -0.4 is 4.74 Å². The van der Waals surface area contributed by atoms with Gasteiger partial charge in [-0.3, -0.25) is 0 Å². The zero-order valence-electron chi connectivity index (χ0n) is 13.6. The Morgan fingerprint density at radius 1 is 1.16 bits per heavy atom. The molecule has 0 amide bonds. The molecule has 128 valence electrons. The molecular formula is C19H17NO3S2.